The quantitative estimate of drug-likeness (QED) is 0.496. The number of ketones is 1. The van der Waals surface area contributed by atoms with Gasteiger partial charge in [-0.05, 0) is 13.0 Å². The Hall–Kier alpha value is -1.12. The van der Waals surface area contributed by atoms with E-state index < -0.39 is 5.91 Å². The molecular formula is C5H7NO2. The van der Waals surface area contributed by atoms with Crippen molar-refractivity contribution < 1.29 is 9.59 Å². The van der Waals surface area contributed by atoms with E-state index in [1.165, 1.54) is 6.92 Å². The fourth-order valence-electron chi connectivity index (χ4n) is 0.199. The van der Waals surface area contributed by atoms with Gasteiger partial charge in [0.1, 0.15) is 0 Å². The van der Waals surface area contributed by atoms with Gasteiger partial charge in [0.25, 0.3) is 0 Å². The van der Waals surface area contributed by atoms with Crippen LogP contribution in [0.5, 0.6) is 0 Å². The second kappa shape index (κ2) is 2.96. The second-order valence-corrected chi connectivity index (χ2v) is 1.35. The van der Waals surface area contributed by atoms with Crippen LogP contribution in [0, 0.1) is 0 Å². The monoisotopic (exact) mass is 113 g/mol. The average Bonchev–Trinajstić information content (AvgIpc) is 1.61. The van der Waals surface area contributed by atoms with E-state index in [1.807, 2.05) is 0 Å². The lowest BCUT2D eigenvalue weighted by Crippen LogP contribution is -2.06. The zero-order valence-electron chi connectivity index (χ0n) is 4.55. The van der Waals surface area contributed by atoms with E-state index in [0.717, 1.165) is 12.2 Å². The van der Waals surface area contributed by atoms with Crippen LogP contribution in [-0.4, -0.2) is 11.7 Å². The van der Waals surface area contributed by atoms with Crippen molar-refractivity contribution >= 4 is 11.7 Å². The molecule has 8 heavy (non-hydrogen) atoms. The Labute approximate surface area is 47.2 Å². The zero-order chi connectivity index (χ0) is 6.57. The number of carbonyl (C=O) groups is 2. The molecule has 1 amide bonds. The molecule has 0 aliphatic carbocycles. The Morgan fingerprint density at radius 2 is 1.88 bits per heavy atom. The van der Waals surface area contributed by atoms with Gasteiger partial charge >= 0.3 is 0 Å². The molecule has 0 saturated heterocycles. The molecule has 0 bridgehead atoms. The third kappa shape index (κ3) is 4.88. The summed E-state index contributed by atoms with van der Waals surface area (Å²) in [5.41, 5.74) is 4.66. The van der Waals surface area contributed by atoms with Crippen molar-refractivity contribution in [3.8, 4) is 0 Å². The Morgan fingerprint density at radius 1 is 1.38 bits per heavy atom. The minimum absolute atomic E-state index is 0.177. The average molecular weight is 113 g/mol. The topological polar surface area (TPSA) is 60.2 Å². The number of hydrogen-bond donors (Lipinski definition) is 1. The highest BCUT2D eigenvalue weighted by molar-refractivity contribution is 5.95. The van der Waals surface area contributed by atoms with Gasteiger partial charge in [0, 0.05) is 6.08 Å². The molecule has 0 fully saturated rings. The van der Waals surface area contributed by atoms with Crippen LogP contribution in [0.15, 0.2) is 12.2 Å². The molecule has 0 aromatic heterocycles. The Balaban J connectivity index is 3.67. The molecule has 0 unspecified atom stereocenters. The maximum atomic E-state index is 10.1. The number of allylic oxidation sites excluding steroid dienone is 1. The predicted octanol–water partition coefficient (Wildman–Crippen LogP) is -0.383. The highest BCUT2D eigenvalue weighted by Crippen LogP contribution is 1.71. The summed E-state index contributed by atoms with van der Waals surface area (Å²) in [6.45, 7) is 1.35. The highest BCUT2D eigenvalue weighted by atomic mass is 16.1. The lowest BCUT2D eigenvalue weighted by atomic mass is 10.4. The molecule has 0 aliphatic heterocycles. The van der Waals surface area contributed by atoms with Crippen LogP contribution in [0.1, 0.15) is 6.92 Å². The van der Waals surface area contributed by atoms with Crippen LogP contribution in [0.4, 0.5) is 0 Å². The normalized spacial score (nSPS) is 9.62. The summed E-state index contributed by atoms with van der Waals surface area (Å²) in [5, 5.41) is 0. The smallest absolute Gasteiger partial charge is 0.241 e. The van der Waals surface area contributed by atoms with Crippen LogP contribution < -0.4 is 5.73 Å². The number of rotatable bonds is 2. The van der Waals surface area contributed by atoms with Gasteiger partial charge < -0.3 is 5.73 Å². The Kier molecular flexibility index (Phi) is 2.54. The number of hydrogen-bond acceptors (Lipinski definition) is 2. The first-order valence-corrected chi connectivity index (χ1v) is 2.11. The molecule has 0 aromatic carbocycles. The third-order valence-corrected chi connectivity index (χ3v) is 0.482. The number of nitrogens with two attached hydrogens (primary N) is 1. The number of amides is 1. The van der Waals surface area contributed by atoms with E-state index in [9.17, 15) is 9.59 Å². The van der Waals surface area contributed by atoms with Crippen molar-refractivity contribution in [3.05, 3.63) is 12.2 Å². The molecule has 0 spiro atoms. The van der Waals surface area contributed by atoms with Gasteiger partial charge in [0.15, 0.2) is 5.78 Å². The van der Waals surface area contributed by atoms with Crippen LogP contribution in [0.25, 0.3) is 0 Å². The summed E-state index contributed by atoms with van der Waals surface area (Å²) >= 11 is 0. The van der Waals surface area contributed by atoms with Gasteiger partial charge in [0.2, 0.25) is 5.91 Å². The molecule has 0 saturated carbocycles. The van der Waals surface area contributed by atoms with Crippen molar-refractivity contribution in [2.75, 3.05) is 0 Å². The van der Waals surface area contributed by atoms with Gasteiger partial charge in [-0.25, -0.2) is 0 Å². The highest BCUT2D eigenvalue weighted by Gasteiger charge is 1.83. The SMILES string of the molecule is CC(=O)/C=C/C(N)=O. The maximum Gasteiger partial charge on any atom is 0.241 e. The van der Waals surface area contributed by atoms with E-state index in [0.29, 0.717) is 0 Å². The van der Waals surface area contributed by atoms with Gasteiger partial charge in [-0.1, -0.05) is 0 Å². The van der Waals surface area contributed by atoms with E-state index in [2.05, 4.69) is 5.73 Å². The molecule has 0 aromatic rings. The summed E-state index contributed by atoms with van der Waals surface area (Å²) in [5.74, 6) is -0.774. The predicted molar refractivity (Wildman–Crippen MR) is 29.0 cm³/mol. The standard InChI is InChI=1S/C5H7NO2/c1-4(7)2-3-5(6)8/h2-3H,1H3,(H2,6,8)/b3-2+. The molecule has 44 valence electrons. The fraction of sp³-hybridized carbons (Fsp3) is 0.200. The van der Waals surface area contributed by atoms with Crippen molar-refractivity contribution in [2.24, 2.45) is 5.73 Å². The number of primary amides is 1. The lowest BCUT2D eigenvalue weighted by molar-refractivity contribution is -0.115. The first-order chi connectivity index (χ1) is 3.63. The Morgan fingerprint density at radius 3 is 2.00 bits per heavy atom. The first kappa shape index (κ1) is 6.88. The largest absolute Gasteiger partial charge is 0.366 e. The van der Waals surface area contributed by atoms with E-state index in [4.69, 9.17) is 0 Å². The molecular weight excluding hydrogens is 106 g/mol. The van der Waals surface area contributed by atoms with Gasteiger partial charge in [0.05, 0.1) is 0 Å². The lowest BCUT2D eigenvalue weighted by Gasteiger charge is -1.75. The molecule has 0 atom stereocenters. The van der Waals surface area contributed by atoms with E-state index in [1.54, 1.807) is 0 Å². The number of carbonyl (C=O) groups excluding carboxylic acids is 2. The van der Waals surface area contributed by atoms with Crippen molar-refractivity contribution in [1.82, 2.24) is 0 Å². The molecule has 3 heteroatoms. The van der Waals surface area contributed by atoms with Gasteiger partial charge in [-0.15, -0.1) is 0 Å². The summed E-state index contributed by atoms with van der Waals surface area (Å²) in [6, 6.07) is 0. The Bertz CT molecular complexity index is 121. The van der Waals surface area contributed by atoms with E-state index in [-0.39, 0.29) is 5.78 Å². The molecule has 3 nitrogen and oxygen atoms in total. The zero-order valence-corrected chi connectivity index (χ0v) is 4.55. The molecule has 2 N–H and O–H groups in total. The van der Waals surface area contributed by atoms with Crippen LogP contribution in [-0.2, 0) is 9.59 Å². The van der Waals surface area contributed by atoms with Crippen LogP contribution in [0.2, 0.25) is 0 Å². The molecule has 0 heterocycles. The summed E-state index contributed by atoms with van der Waals surface area (Å²) in [6.07, 6.45) is 2.16. The van der Waals surface area contributed by atoms with Crippen molar-refractivity contribution in [2.45, 2.75) is 6.92 Å². The summed E-state index contributed by atoms with van der Waals surface area (Å²) < 4.78 is 0. The summed E-state index contributed by atoms with van der Waals surface area (Å²) in [4.78, 5) is 19.9. The summed E-state index contributed by atoms with van der Waals surface area (Å²) in [7, 11) is 0. The fourth-order valence-corrected chi connectivity index (χ4v) is 0.199. The van der Waals surface area contributed by atoms with Gasteiger partial charge in [-0.2, -0.15) is 0 Å². The van der Waals surface area contributed by atoms with Gasteiger partial charge in [-0.3, -0.25) is 9.59 Å². The van der Waals surface area contributed by atoms with Crippen LogP contribution in [0.3, 0.4) is 0 Å². The van der Waals surface area contributed by atoms with Crippen LogP contribution >= 0.6 is 0 Å². The van der Waals surface area contributed by atoms with E-state index >= 15 is 0 Å². The molecule has 0 aliphatic rings. The second-order valence-electron chi connectivity index (χ2n) is 1.35. The third-order valence-electron chi connectivity index (χ3n) is 0.482. The van der Waals surface area contributed by atoms with Crippen molar-refractivity contribution in [1.29, 1.82) is 0 Å². The maximum absolute atomic E-state index is 10.1. The molecule has 0 rings (SSSR count). The van der Waals surface area contributed by atoms with Crippen molar-refractivity contribution in [3.63, 3.8) is 0 Å². The molecule has 0 radical (unpaired) electrons. The minimum atomic E-state index is -0.597. The first-order valence-electron chi connectivity index (χ1n) is 2.11. The minimum Gasteiger partial charge on any atom is -0.366 e.